The first-order valence-corrected chi connectivity index (χ1v) is 7.63. The number of thioether (sulfide) groups is 1. The van der Waals surface area contributed by atoms with Gasteiger partial charge in [0.2, 0.25) is 0 Å². The maximum Gasteiger partial charge on any atom is 0.421 e. The van der Waals surface area contributed by atoms with Crippen LogP contribution >= 0.6 is 11.8 Å². The molecule has 1 rings (SSSR count). The molecule has 1 aliphatic rings. The van der Waals surface area contributed by atoms with Crippen molar-refractivity contribution in [3.05, 3.63) is 0 Å². The first kappa shape index (κ1) is 15.1. The molecule has 1 aliphatic heterocycles. The Kier molecular flexibility index (Phi) is 5.23. The Morgan fingerprint density at radius 3 is 2.78 bits per heavy atom. The number of methoxy groups -OCH3 is 1. The van der Waals surface area contributed by atoms with Gasteiger partial charge in [-0.15, -0.1) is 0 Å². The molecule has 0 radical (unpaired) electrons. The van der Waals surface area contributed by atoms with Gasteiger partial charge in [-0.2, -0.15) is 24.5 Å². The summed E-state index contributed by atoms with van der Waals surface area (Å²) >= 11 is 1.48. The second kappa shape index (κ2) is 6.25. The predicted octanol–water partition coefficient (Wildman–Crippen LogP) is -0.521. The molecule has 0 aliphatic carbocycles. The molecule has 104 valence electrons. The zero-order chi connectivity index (χ0) is 13.8. The third-order valence-corrected chi connectivity index (χ3v) is 4.90. The van der Waals surface area contributed by atoms with Gasteiger partial charge in [0.1, 0.15) is 0 Å². The Hall–Kier alpha value is -1.00. The number of ether oxygens (including phenoxy) is 1. The van der Waals surface area contributed by atoms with E-state index in [1.54, 1.807) is 4.72 Å². The number of hydrogen-bond acceptors (Lipinski definition) is 6. The van der Waals surface area contributed by atoms with Crippen LogP contribution in [0.15, 0.2) is 0 Å². The van der Waals surface area contributed by atoms with Crippen molar-refractivity contribution in [1.82, 2.24) is 9.03 Å². The fourth-order valence-corrected chi connectivity index (χ4v) is 4.08. The number of aliphatic carboxylic acids is 1. The molecule has 18 heavy (non-hydrogen) atoms. The largest absolute Gasteiger partial charge is 0.481 e. The zero-order valence-electron chi connectivity index (χ0n) is 9.66. The van der Waals surface area contributed by atoms with Gasteiger partial charge in [0.15, 0.2) is 0 Å². The molecule has 0 spiro atoms. The number of carbonyl (C=O) groups excluding carboxylic acids is 1. The fraction of sp³-hybridized carbons (Fsp3) is 0.750. The molecule has 10 heteroatoms. The van der Waals surface area contributed by atoms with Crippen molar-refractivity contribution in [2.75, 3.05) is 25.2 Å². The molecule has 1 saturated heterocycles. The number of nitrogens with zero attached hydrogens (tertiary/aromatic N) is 1. The van der Waals surface area contributed by atoms with Crippen molar-refractivity contribution >= 4 is 34.0 Å². The minimum Gasteiger partial charge on any atom is -0.481 e. The van der Waals surface area contributed by atoms with Crippen molar-refractivity contribution in [2.24, 2.45) is 0 Å². The van der Waals surface area contributed by atoms with Crippen LogP contribution < -0.4 is 4.72 Å². The van der Waals surface area contributed by atoms with Gasteiger partial charge < -0.3 is 9.84 Å². The molecule has 2 N–H and O–H groups in total. The highest BCUT2D eigenvalue weighted by atomic mass is 32.2. The monoisotopic (exact) mass is 298 g/mol. The fourth-order valence-electron chi connectivity index (χ4n) is 1.52. The van der Waals surface area contributed by atoms with Gasteiger partial charge in [0.25, 0.3) is 0 Å². The molecule has 0 aromatic carbocycles. The standard InChI is InChI=1S/C8H14N2O6S2/c1-16-8(13)9-18(14,15)10-2-3-17-5-6(10)4-7(11)12/h6H,2-5H2,1H3,(H,9,13)(H,11,12). The third-order valence-electron chi connectivity index (χ3n) is 2.29. The van der Waals surface area contributed by atoms with Crippen LogP contribution in [0.25, 0.3) is 0 Å². The molecule has 1 atom stereocenters. The van der Waals surface area contributed by atoms with E-state index in [1.807, 2.05) is 0 Å². The third kappa shape index (κ3) is 4.03. The highest BCUT2D eigenvalue weighted by molar-refractivity contribution is 7.99. The number of carbonyl (C=O) groups is 2. The summed E-state index contributed by atoms with van der Waals surface area (Å²) in [6.45, 7) is 0.162. The molecule has 1 amide bonds. The molecule has 0 saturated carbocycles. The van der Waals surface area contributed by atoms with Crippen LogP contribution in [0.2, 0.25) is 0 Å². The number of carboxylic acid groups (broad SMARTS) is 1. The Labute approximate surface area is 109 Å². The molecule has 0 bridgehead atoms. The zero-order valence-corrected chi connectivity index (χ0v) is 11.3. The maximum atomic E-state index is 11.9. The smallest absolute Gasteiger partial charge is 0.421 e. The van der Waals surface area contributed by atoms with E-state index in [9.17, 15) is 18.0 Å². The summed E-state index contributed by atoms with van der Waals surface area (Å²) in [5, 5.41) is 8.73. The van der Waals surface area contributed by atoms with Crippen molar-refractivity contribution < 1.29 is 27.9 Å². The van der Waals surface area contributed by atoms with E-state index < -0.39 is 28.3 Å². The van der Waals surface area contributed by atoms with E-state index in [4.69, 9.17) is 5.11 Å². The Balaban J connectivity index is 2.82. The number of hydrogen-bond donors (Lipinski definition) is 2. The van der Waals surface area contributed by atoms with Gasteiger partial charge in [-0.3, -0.25) is 4.79 Å². The quantitative estimate of drug-likeness (QED) is 0.718. The lowest BCUT2D eigenvalue weighted by Crippen LogP contribution is -2.52. The van der Waals surface area contributed by atoms with Crippen LogP contribution in [-0.2, 0) is 19.7 Å². The first-order chi connectivity index (χ1) is 8.36. The summed E-state index contributed by atoms with van der Waals surface area (Å²) in [6, 6.07) is -0.664. The summed E-state index contributed by atoms with van der Waals surface area (Å²) in [4.78, 5) is 21.6. The van der Waals surface area contributed by atoms with Gasteiger partial charge >= 0.3 is 22.3 Å². The normalized spacial score (nSPS) is 21.3. The van der Waals surface area contributed by atoms with Crippen molar-refractivity contribution in [2.45, 2.75) is 12.5 Å². The van der Waals surface area contributed by atoms with Crippen molar-refractivity contribution in [3.8, 4) is 0 Å². The SMILES string of the molecule is COC(=O)NS(=O)(=O)N1CCSCC1CC(=O)O. The second-order valence-corrected chi connectivity index (χ2v) is 6.31. The van der Waals surface area contributed by atoms with Crippen molar-refractivity contribution in [1.29, 1.82) is 0 Å². The Morgan fingerprint density at radius 1 is 1.56 bits per heavy atom. The van der Waals surface area contributed by atoms with Crippen LogP contribution in [0, 0.1) is 0 Å². The Bertz CT molecular complexity index is 423. The summed E-state index contributed by atoms with van der Waals surface area (Å²) < 4.78 is 30.6. The number of rotatable bonds is 4. The molecule has 1 unspecified atom stereocenters. The second-order valence-electron chi connectivity index (χ2n) is 3.54. The molecular weight excluding hydrogens is 284 g/mol. The minimum absolute atomic E-state index is 0.162. The molecule has 8 nitrogen and oxygen atoms in total. The highest BCUT2D eigenvalue weighted by Crippen LogP contribution is 2.21. The van der Waals surface area contributed by atoms with E-state index in [0.717, 1.165) is 11.4 Å². The van der Waals surface area contributed by atoms with Crippen LogP contribution in [-0.4, -0.2) is 61.1 Å². The highest BCUT2D eigenvalue weighted by Gasteiger charge is 2.35. The van der Waals surface area contributed by atoms with E-state index in [-0.39, 0.29) is 13.0 Å². The molecule has 0 aromatic heterocycles. The van der Waals surface area contributed by atoms with E-state index in [1.165, 1.54) is 11.8 Å². The summed E-state index contributed by atoms with van der Waals surface area (Å²) in [7, 11) is -3.01. The summed E-state index contributed by atoms with van der Waals surface area (Å²) in [5.41, 5.74) is 0. The average Bonchev–Trinajstić information content (AvgIpc) is 2.28. The first-order valence-electron chi connectivity index (χ1n) is 5.04. The van der Waals surface area contributed by atoms with E-state index in [0.29, 0.717) is 11.5 Å². The lowest BCUT2D eigenvalue weighted by Gasteiger charge is -2.32. The van der Waals surface area contributed by atoms with Gasteiger partial charge in [-0.1, -0.05) is 0 Å². The van der Waals surface area contributed by atoms with Gasteiger partial charge in [-0.25, -0.2) is 9.52 Å². The number of nitrogens with one attached hydrogen (secondary N) is 1. The summed E-state index contributed by atoms with van der Waals surface area (Å²) in [6.07, 6.45) is -1.39. The van der Waals surface area contributed by atoms with Crippen LogP contribution in [0.3, 0.4) is 0 Å². The van der Waals surface area contributed by atoms with Gasteiger partial charge in [-0.05, 0) is 0 Å². The molecular formula is C8H14N2O6S2. The molecule has 0 aromatic rings. The predicted molar refractivity (Wildman–Crippen MR) is 64.5 cm³/mol. The van der Waals surface area contributed by atoms with Gasteiger partial charge in [0, 0.05) is 24.1 Å². The lowest BCUT2D eigenvalue weighted by atomic mass is 10.2. The van der Waals surface area contributed by atoms with Crippen molar-refractivity contribution in [3.63, 3.8) is 0 Å². The average molecular weight is 298 g/mol. The Morgan fingerprint density at radius 2 is 2.22 bits per heavy atom. The lowest BCUT2D eigenvalue weighted by molar-refractivity contribution is -0.137. The molecule has 1 heterocycles. The number of carboxylic acids is 1. The van der Waals surface area contributed by atoms with Crippen LogP contribution in [0.4, 0.5) is 4.79 Å². The minimum atomic E-state index is -4.06. The number of amides is 1. The maximum absolute atomic E-state index is 11.9. The van der Waals surface area contributed by atoms with Gasteiger partial charge in [0.05, 0.1) is 13.5 Å². The summed E-state index contributed by atoms with van der Waals surface area (Å²) in [5.74, 6) is -0.146. The van der Waals surface area contributed by atoms with Crippen LogP contribution in [0.1, 0.15) is 6.42 Å². The topological polar surface area (TPSA) is 113 Å². The van der Waals surface area contributed by atoms with E-state index >= 15 is 0 Å². The van der Waals surface area contributed by atoms with Crippen LogP contribution in [0.5, 0.6) is 0 Å². The molecule has 1 fully saturated rings. The van der Waals surface area contributed by atoms with E-state index in [2.05, 4.69) is 4.74 Å².